The van der Waals surface area contributed by atoms with E-state index in [4.69, 9.17) is 15.6 Å². The number of aromatic nitrogens is 2. The summed E-state index contributed by atoms with van der Waals surface area (Å²) in [5, 5.41) is 10.3. The zero-order chi connectivity index (χ0) is 12.1. The number of nitrogens with zero attached hydrogens (tertiary/aromatic N) is 2. The fourth-order valence-electron chi connectivity index (χ4n) is 0.282. The second-order valence-electron chi connectivity index (χ2n) is 1.91. The molecule has 0 fully saturated rings. The summed E-state index contributed by atoms with van der Waals surface area (Å²) in [5.41, 5.74) is 4.72. The first-order valence-corrected chi connectivity index (χ1v) is 3.11. The van der Waals surface area contributed by atoms with Crippen LogP contribution in [0.3, 0.4) is 0 Å². The highest BCUT2D eigenvalue weighted by atomic mass is 19.4. The molecule has 0 unspecified atom stereocenters. The van der Waals surface area contributed by atoms with Gasteiger partial charge in [-0.25, -0.2) is 4.79 Å². The number of primary amides is 1. The lowest BCUT2D eigenvalue weighted by atomic mass is 10.6. The molecule has 1 amide bonds. The molecule has 0 spiro atoms. The van der Waals surface area contributed by atoms with Gasteiger partial charge in [-0.3, -0.25) is 4.79 Å². The summed E-state index contributed by atoms with van der Waals surface area (Å²) >= 11 is 0. The van der Waals surface area contributed by atoms with Crippen molar-refractivity contribution in [1.29, 1.82) is 0 Å². The third kappa shape index (κ3) is 5.23. The second-order valence-corrected chi connectivity index (χ2v) is 1.91. The first-order valence-electron chi connectivity index (χ1n) is 3.11. The highest BCUT2D eigenvalue weighted by molar-refractivity contribution is 5.87. The topological polar surface area (TPSA) is 119 Å². The molecule has 1 aromatic heterocycles. The van der Waals surface area contributed by atoms with Crippen molar-refractivity contribution in [2.45, 2.75) is 6.18 Å². The molecule has 1 rings (SSSR count). The van der Waals surface area contributed by atoms with Crippen molar-refractivity contribution < 1.29 is 32.4 Å². The van der Waals surface area contributed by atoms with Crippen LogP contribution in [0.5, 0.6) is 0 Å². The SMILES string of the molecule is NC(=O)c1ncno1.O=C(O)C(F)(F)F. The average molecular weight is 227 g/mol. The zero-order valence-corrected chi connectivity index (χ0v) is 6.85. The Kier molecular flexibility index (Phi) is 4.23. The molecule has 0 saturated carbocycles. The Bertz CT molecular complexity index is 334. The molecule has 3 N–H and O–H groups in total. The smallest absolute Gasteiger partial charge is 0.475 e. The summed E-state index contributed by atoms with van der Waals surface area (Å²) in [5.74, 6) is -3.62. The molecule has 0 aliphatic carbocycles. The van der Waals surface area contributed by atoms with Gasteiger partial charge in [0, 0.05) is 0 Å². The third-order valence-corrected chi connectivity index (χ3v) is 0.815. The Labute approximate surface area is 79.7 Å². The number of carboxylic acid groups (broad SMARTS) is 1. The largest absolute Gasteiger partial charge is 0.490 e. The Balaban J connectivity index is 0.000000265. The van der Waals surface area contributed by atoms with E-state index in [1.165, 1.54) is 0 Å². The van der Waals surface area contributed by atoms with Gasteiger partial charge in [-0.05, 0) is 0 Å². The van der Waals surface area contributed by atoms with Crippen LogP contribution in [-0.2, 0) is 4.79 Å². The summed E-state index contributed by atoms with van der Waals surface area (Å²) in [6, 6.07) is 0. The zero-order valence-electron chi connectivity index (χ0n) is 6.85. The Morgan fingerprint density at radius 3 is 2.07 bits per heavy atom. The van der Waals surface area contributed by atoms with Crippen molar-refractivity contribution >= 4 is 11.9 Å². The highest BCUT2D eigenvalue weighted by Crippen LogP contribution is 2.13. The van der Waals surface area contributed by atoms with Crippen LogP contribution in [0.25, 0.3) is 0 Å². The lowest BCUT2D eigenvalue weighted by molar-refractivity contribution is -0.192. The summed E-state index contributed by atoms with van der Waals surface area (Å²) in [4.78, 5) is 22.3. The number of halogens is 3. The van der Waals surface area contributed by atoms with E-state index >= 15 is 0 Å². The van der Waals surface area contributed by atoms with E-state index in [0.29, 0.717) is 0 Å². The molecule has 1 heterocycles. The summed E-state index contributed by atoms with van der Waals surface area (Å²) in [6.45, 7) is 0. The quantitative estimate of drug-likeness (QED) is 0.685. The van der Waals surface area contributed by atoms with Gasteiger partial charge in [0.25, 0.3) is 0 Å². The summed E-state index contributed by atoms with van der Waals surface area (Å²) < 4.78 is 36.0. The van der Waals surface area contributed by atoms with Crippen LogP contribution in [0, 0.1) is 0 Å². The van der Waals surface area contributed by atoms with Crippen molar-refractivity contribution in [3.05, 3.63) is 12.2 Å². The molecular weight excluding hydrogens is 223 g/mol. The number of alkyl halides is 3. The standard InChI is InChI=1S/C3H3N3O2.C2HF3O2/c4-2(7)3-5-1-6-8-3;3-2(4,5)1(6)7/h1H,(H2,4,7);(H,6,7). The Morgan fingerprint density at radius 2 is 1.93 bits per heavy atom. The van der Waals surface area contributed by atoms with Crippen LogP contribution in [0.1, 0.15) is 10.7 Å². The van der Waals surface area contributed by atoms with E-state index in [1.807, 2.05) is 0 Å². The van der Waals surface area contributed by atoms with Gasteiger partial charge >= 0.3 is 23.9 Å². The van der Waals surface area contributed by atoms with Crippen molar-refractivity contribution in [3.63, 3.8) is 0 Å². The van der Waals surface area contributed by atoms with Crippen LogP contribution in [0.2, 0.25) is 0 Å². The maximum Gasteiger partial charge on any atom is 0.490 e. The van der Waals surface area contributed by atoms with E-state index in [1.54, 1.807) is 0 Å². The minimum absolute atomic E-state index is 0.162. The van der Waals surface area contributed by atoms with Gasteiger partial charge in [0.2, 0.25) is 0 Å². The van der Waals surface area contributed by atoms with Crippen molar-refractivity contribution in [2.24, 2.45) is 5.73 Å². The molecule has 1 aromatic rings. The van der Waals surface area contributed by atoms with Gasteiger partial charge in [0.1, 0.15) is 0 Å². The van der Waals surface area contributed by atoms with Crippen LogP contribution in [0.15, 0.2) is 10.9 Å². The maximum atomic E-state index is 10.6. The first-order chi connectivity index (χ1) is 6.75. The van der Waals surface area contributed by atoms with Gasteiger partial charge in [-0.1, -0.05) is 5.16 Å². The van der Waals surface area contributed by atoms with E-state index in [0.717, 1.165) is 6.33 Å². The van der Waals surface area contributed by atoms with E-state index in [2.05, 4.69) is 14.7 Å². The van der Waals surface area contributed by atoms with Crippen LogP contribution < -0.4 is 5.73 Å². The number of hydrogen-bond acceptors (Lipinski definition) is 5. The first kappa shape index (κ1) is 12.9. The number of nitrogens with two attached hydrogens (primary N) is 1. The van der Waals surface area contributed by atoms with Crippen molar-refractivity contribution in [3.8, 4) is 0 Å². The van der Waals surface area contributed by atoms with Crippen molar-refractivity contribution in [1.82, 2.24) is 10.1 Å². The van der Waals surface area contributed by atoms with E-state index < -0.39 is 18.1 Å². The minimum Gasteiger partial charge on any atom is -0.475 e. The number of amides is 1. The molecule has 10 heteroatoms. The minimum atomic E-state index is -5.08. The fourth-order valence-corrected chi connectivity index (χ4v) is 0.282. The molecule has 84 valence electrons. The highest BCUT2D eigenvalue weighted by Gasteiger charge is 2.38. The third-order valence-electron chi connectivity index (χ3n) is 0.815. The van der Waals surface area contributed by atoms with Crippen LogP contribution in [-0.4, -0.2) is 33.3 Å². The van der Waals surface area contributed by atoms with Gasteiger partial charge in [-0.2, -0.15) is 18.2 Å². The maximum absolute atomic E-state index is 10.6. The molecule has 0 saturated heterocycles. The van der Waals surface area contributed by atoms with Crippen molar-refractivity contribution in [2.75, 3.05) is 0 Å². The number of hydrogen-bond donors (Lipinski definition) is 2. The summed E-state index contributed by atoms with van der Waals surface area (Å²) in [7, 11) is 0. The number of carbonyl (C=O) groups is 2. The van der Waals surface area contributed by atoms with Crippen LogP contribution in [0.4, 0.5) is 13.2 Å². The Hall–Kier alpha value is -2.13. The lowest BCUT2D eigenvalue weighted by Crippen LogP contribution is -2.21. The molecule has 7 nitrogen and oxygen atoms in total. The lowest BCUT2D eigenvalue weighted by Gasteiger charge is -1.93. The number of carbonyl (C=O) groups excluding carboxylic acids is 1. The van der Waals surface area contributed by atoms with Crippen LogP contribution >= 0.6 is 0 Å². The van der Waals surface area contributed by atoms with Gasteiger partial charge in [-0.15, -0.1) is 0 Å². The molecule has 0 bridgehead atoms. The van der Waals surface area contributed by atoms with Gasteiger partial charge in [0.05, 0.1) is 0 Å². The predicted octanol–water partition coefficient (Wildman–Crippen LogP) is -0.198. The van der Waals surface area contributed by atoms with Gasteiger partial charge in [0.15, 0.2) is 6.33 Å². The molecular formula is C5H4F3N3O4. The summed E-state index contributed by atoms with van der Waals surface area (Å²) in [6.07, 6.45) is -3.97. The second kappa shape index (κ2) is 4.93. The molecule has 0 aliphatic heterocycles. The molecule has 0 aromatic carbocycles. The normalized spacial score (nSPS) is 10.1. The fraction of sp³-hybridized carbons (Fsp3) is 0.200. The molecule has 0 atom stereocenters. The van der Waals surface area contributed by atoms with E-state index in [9.17, 15) is 18.0 Å². The number of aliphatic carboxylic acids is 1. The number of rotatable bonds is 1. The predicted molar refractivity (Wildman–Crippen MR) is 36.5 cm³/mol. The molecule has 15 heavy (non-hydrogen) atoms. The average Bonchev–Trinajstić information content (AvgIpc) is 2.54. The van der Waals surface area contributed by atoms with E-state index in [-0.39, 0.29) is 5.89 Å². The molecule has 0 aliphatic rings. The van der Waals surface area contributed by atoms with Gasteiger partial charge < -0.3 is 15.4 Å². The molecule has 0 radical (unpaired) electrons. The monoisotopic (exact) mass is 227 g/mol. The number of carboxylic acids is 1. The Morgan fingerprint density at radius 1 is 1.47 bits per heavy atom.